The van der Waals surface area contributed by atoms with Crippen molar-refractivity contribution in [2.24, 2.45) is 0 Å². The van der Waals surface area contributed by atoms with E-state index in [0.29, 0.717) is 17.4 Å². The second-order valence-electron chi connectivity index (χ2n) is 27.4. The van der Waals surface area contributed by atoms with E-state index in [1.54, 1.807) is 0 Å². The van der Waals surface area contributed by atoms with Crippen LogP contribution in [0.2, 0.25) is 0 Å². The van der Waals surface area contributed by atoms with Gasteiger partial charge in [-0.05, 0) is 44.9 Å². The molecule has 1 N–H and O–H groups in total. The number of nitrogens with zero attached hydrogens (tertiary/aromatic N) is 1. The standard InChI is InChI=1S/C76H148NO8P/c1-6-8-10-12-14-16-18-20-22-24-26-28-29-30-31-32-33-34-35-36-37-38-39-40-41-42-43-44-45-46-47-49-51-53-55-57-59-61-63-65-67-69-76(79)85-74(73-84-86(80,81)83-71-70-77(3,4)5)72-82-75(78)68-66-64-62-60-58-56-54-52-50-48-27-25-23-21-19-17-15-13-11-9-7-2/h18,20,24,26,74H,6-17,19,21-23,25,27-73H2,1-5H3/p+1/b20-18-,26-24-. The number of phosphoric acid groups is 1. The van der Waals surface area contributed by atoms with Crippen LogP contribution in [-0.4, -0.2) is 74.9 Å². The number of carbonyl (C=O) groups is 2. The average Bonchev–Trinajstić information content (AvgIpc) is 3.70. The molecular formula is C76H149NO8P+. The van der Waals surface area contributed by atoms with Gasteiger partial charge in [-0.2, -0.15) is 0 Å². The van der Waals surface area contributed by atoms with Gasteiger partial charge in [-0.15, -0.1) is 0 Å². The van der Waals surface area contributed by atoms with E-state index in [9.17, 15) is 19.0 Å². The van der Waals surface area contributed by atoms with Crippen LogP contribution in [0.4, 0.5) is 0 Å². The number of esters is 2. The highest BCUT2D eigenvalue weighted by atomic mass is 31.2. The summed E-state index contributed by atoms with van der Waals surface area (Å²) in [6.45, 7) is 4.51. The minimum Gasteiger partial charge on any atom is -0.462 e. The number of rotatable bonds is 72. The van der Waals surface area contributed by atoms with Crippen molar-refractivity contribution in [1.29, 1.82) is 0 Å². The molecule has 9 nitrogen and oxygen atoms in total. The third-order valence-electron chi connectivity index (χ3n) is 17.5. The first-order valence-electron chi connectivity index (χ1n) is 38.1. The molecule has 0 aliphatic carbocycles. The second kappa shape index (κ2) is 67.9. The zero-order valence-corrected chi connectivity index (χ0v) is 59.2. The first kappa shape index (κ1) is 84.5. The van der Waals surface area contributed by atoms with E-state index >= 15 is 0 Å². The highest BCUT2D eigenvalue weighted by Gasteiger charge is 2.27. The number of likely N-dealkylation sites (N-methyl/N-ethyl adjacent to an activating group) is 1. The Morgan fingerprint density at radius 1 is 0.360 bits per heavy atom. The van der Waals surface area contributed by atoms with Crippen LogP contribution in [0.3, 0.4) is 0 Å². The first-order valence-corrected chi connectivity index (χ1v) is 39.6. The number of quaternary nitrogens is 1. The van der Waals surface area contributed by atoms with Crippen molar-refractivity contribution in [2.45, 2.75) is 405 Å². The number of allylic oxidation sites excluding steroid dienone is 4. The first-order chi connectivity index (χ1) is 42.0. The molecule has 86 heavy (non-hydrogen) atoms. The van der Waals surface area contributed by atoms with Crippen LogP contribution in [0, 0.1) is 0 Å². The van der Waals surface area contributed by atoms with Crippen molar-refractivity contribution in [1.82, 2.24) is 0 Å². The third-order valence-corrected chi connectivity index (χ3v) is 18.5. The monoisotopic (exact) mass is 1240 g/mol. The molecule has 0 aliphatic rings. The lowest BCUT2D eigenvalue weighted by Gasteiger charge is -2.24. The molecule has 2 atom stereocenters. The summed E-state index contributed by atoms with van der Waals surface area (Å²) in [6, 6.07) is 0. The van der Waals surface area contributed by atoms with Gasteiger partial charge in [0.25, 0.3) is 0 Å². The Balaban J connectivity index is 3.86. The predicted octanol–water partition coefficient (Wildman–Crippen LogP) is 24.8. The van der Waals surface area contributed by atoms with Gasteiger partial charge in [-0.3, -0.25) is 18.6 Å². The summed E-state index contributed by atoms with van der Waals surface area (Å²) >= 11 is 0. The topological polar surface area (TPSA) is 108 Å². The van der Waals surface area contributed by atoms with Crippen LogP contribution >= 0.6 is 7.82 Å². The van der Waals surface area contributed by atoms with Gasteiger partial charge in [0.2, 0.25) is 0 Å². The summed E-state index contributed by atoms with van der Waals surface area (Å²) < 4.78 is 34.8. The molecule has 2 unspecified atom stereocenters. The van der Waals surface area contributed by atoms with Crippen LogP contribution in [0.5, 0.6) is 0 Å². The van der Waals surface area contributed by atoms with E-state index in [0.717, 1.165) is 44.9 Å². The molecule has 0 radical (unpaired) electrons. The highest BCUT2D eigenvalue weighted by molar-refractivity contribution is 7.47. The van der Waals surface area contributed by atoms with Crippen molar-refractivity contribution >= 4 is 19.8 Å². The third kappa shape index (κ3) is 71.6. The minimum absolute atomic E-state index is 0.0366. The molecule has 0 aliphatic heterocycles. The molecule has 0 bridgehead atoms. The van der Waals surface area contributed by atoms with Crippen LogP contribution in [-0.2, 0) is 32.7 Å². The number of hydrogen-bond acceptors (Lipinski definition) is 7. The molecule has 0 spiro atoms. The summed E-state index contributed by atoms with van der Waals surface area (Å²) in [5.74, 6) is -0.770. The maximum Gasteiger partial charge on any atom is 0.472 e. The Morgan fingerprint density at radius 2 is 0.628 bits per heavy atom. The summed E-state index contributed by atoms with van der Waals surface area (Å²) in [4.78, 5) is 35.9. The highest BCUT2D eigenvalue weighted by Crippen LogP contribution is 2.43. The fraction of sp³-hybridized carbons (Fsp3) is 0.921. The Morgan fingerprint density at radius 3 is 0.919 bits per heavy atom. The SMILES string of the molecule is CCCCCCC/C=C\C/C=C\CCCCCCCCCCCCCCCCCCCCCCCCCCCCCCCC(=O)OC(COC(=O)CCCCCCCCCCCCCCCCCCCCCCC)COP(=O)(O)OCC[N+](C)(C)C. The van der Waals surface area contributed by atoms with Crippen LogP contribution in [0.15, 0.2) is 24.3 Å². The quantitative estimate of drug-likeness (QED) is 0.0211. The fourth-order valence-electron chi connectivity index (χ4n) is 11.6. The molecule has 10 heteroatoms. The molecule has 510 valence electrons. The number of hydrogen-bond donors (Lipinski definition) is 1. The lowest BCUT2D eigenvalue weighted by molar-refractivity contribution is -0.870. The van der Waals surface area contributed by atoms with Gasteiger partial charge < -0.3 is 18.9 Å². The van der Waals surface area contributed by atoms with Crippen molar-refractivity contribution in [2.75, 3.05) is 47.5 Å². The van der Waals surface area contributed by atoms with Gasteiger partial charge in [0.05, 0.1) is 27.7 Å². The van der Waals surface area contributed by atoms with E-state index in [2.05, 4.69) is 38.2 Å². The lowest BCUT2D eigenvalue weighted by Crippen LogP contribution is -2.37. The van der Waals surface area contributed by atoms with Crippen LogP contribution < -0.4 is 0 Å². The van der Waals surface area contributed by atoms with Crippen molar-refractivity contribution in [3.8, 4) is 0 Å². The maximum atomic E-state index is 12.9. The van der Waals surface area contributed by atoms with Crippen molar-refractivity contribution < 1.29 is 42.1 Å². The van der Waals surface area contributed by atoms with E-state index < -0.39 is 26.5 Å². The molecule has 0 aromatic carbocycles. The Labute approximate surface area is 536 Å². The molecule has 0 rings (SSSR count). The number of carbonyl (C=O) groups excluding carboxylic acids is 2. The van der Waals surface area contributed by atoms with Crippen LogP contribution in [0.25, 0.3) is 0 Å². The van der Waals surface area contributed by atoms with Gasteiger partial charge in [0, 0.05) is 12.8 Å². The Bertz CT molecular complexity index is 1500. The zero-order chi connectivity index (χ0) is 62.6. The van der Waals surface area contributed by atoms with Crippen molar-refractivity contribution in [3.63, 3.8) is 0 Å². The molecule has 0 heterocycles. The average molecular weight is 1240 g/mol. The fourth-order valence-corrected chi connectivity index (χ4v) is 12.4. The molecule has 0 saturated heterocycles. The van der Waals surface area contributed by atoms with Gasteiger partial charge in [0.15, 0.2) is 6.10 Å². The van der Waals surface area contributed by atoms with Crippen LogP contribution in [0.1, 0.15) is 399 Å². The molecule has 0 aromatic heterocycles. The van der Waals surface area contributed by atoms with Crippen molar-refractivity contribution in [3.05, 3.63) is 24.3 Å². The Hall–Kier alpha value is -1.51. The smallest absolute Gasteiger partial charge is 0.462 e. The largest absolute Gasteiger partial charge is 0.472 e. The van der Waals surface area contributed by atoms with Gasteiger partial charge >= 0.3 is 19.8 Å². The van der Waals surface area contributed by atoms with E-state index in [-0.39, 0.29) is 25.6 Å². The maximum absolute atomic E-state index is 12.9. The zero-order valence-electron chi connectivity index (χ0n) is 58.3. The normalized spacial score (nSPS) is 13.1. The molecule has 0 saturated carbocycles. The molecular weight excluding hydrogens is 1090 g/mol. The molecule has 0 aromatic rings. The summed E-state index contributed by atoms with van der Waals surface area (Å²) in [7, 11) is 1.50. The Kier molecular flexibility index (Phi) is 66.7. The van der Waals surface area contributed by atoms with Gasteiger partial charge in [0.1, 0.15) is 19.8 Å². The van der Waals surface area contributed by atoms with E-state index in [4.69, 9.17) is 18.5 Å². The number of phosphoric ester groups is 1. The molecule has 0 amide bonds. The summed E-state index contributed by atoms with van der Waals surface area (Å²) in [6.07, 6.45) is 86.1. The summed E-state index contributed by atoms with van der Waals surface area (Å²) in [5, 5.41) is 0. The van der Waals surface area contributed by atoms with E-state index in [1.807, 2.05) is 21.1 Å². The lowest BCUT2D eigenvalue weighted by atomic mass is 10.0. The van der Waals surface area contributed by atoms with Gasteiger partial charge in [-0.1, -0.05) is 366 Å². The second-order valence-corrected chi connectivity index (χ2v) is 28.9. The summed E-state index contributed by atoms with van der Waals surface area (Å²) in [5.41, 5.74) is 0. The number of ether oxygens (including phenoxy) is 2. The number of unbranched alkanes of at least 4 members (excludes halogenated alkanes) is 54. The van der Waals surface area contributed by atoms with E-state index in [1.165, 1.54) is 327 Å². The minimum atomic E-state index is -4.39. The van der Waals surface area contributed by atoms with Gasteiger partial charge in [-0.25, -0.2) is 4.57 Å². The predicted molar refractivity (Wildman–Crippen MR) is 372 cm³/mol. The molecule has 0 fully saturated rings.